The molecule has 0 atom stereocenters. The Kier molecular flexibility index (Phi) is 4.72. The van der Waals surface area contributed by atoms with E-state index in [1.165, 1.54) is 30.3 Å². The van der Waals surface area contributed by atoms with Gasteiger partial charge in [-0.1, -0.05) is 5.16 Å². The fourth-order valence-electron chi connectivity index (χ4n) is 2.46. The van der Waals surface area contributed by atoms with Crippen LogP contribution in [0.1, 0.15) is 26.4 Å². The quantitative estimate of drug-likeness (QED) is 0.586. The predicted octanol–water partition coefficient (Wildman–Crippen LogP) is 2.02. The van der Waals surface area contributed by atoms with E-state index in [1.807, 2.05) is 6.07 Å². The molecule has 0 bridgehead atoms. The van der Waals surface area contributed by atoms with Gasteiger partial charge < -0.3 is 14.9 Å². The van der Waals surface area contributed by atoms with Gasteiger partial charge in [0.2, 0.25) is 10.0 Å². The number of carboxylic acids is 1. The van der Waals surface area contributed by atoms with Crippen LogP contribution in [-0.4, -0.2) is 36.8 Å². The summed E-state index contributed by atoms with van der Waals surface area (Å²) in [7, 11) is -3.48. The van der Waals surface area contributed by atoms with Crippen molar-refractivity contribution in [3.05, 3.63) is 53.2 Å². The maximum absolute atomic E-state index is 12.5. The van der Waals surface area contributed by atoms with Crippen molar-refractivity contribution in [1.29, 1.82) is 5.26 Å². The van der Waals surface area contributed by atoms with Crippen LogP contribution in [0.3, 0.4) is 0 Å². The number of nitrogens with one attached hydrogen (secondary N) is 2. The molecule has 0 aliphatic heterocycles. The van der Waals surface area contributed by atoms with E-state index in [1.54, 1.807) is 0 Å². The molecule has 3 N–H and O–H groups in total. The average molecular weight is 400 g/mol. The van der Waals surface area contributed by atoms with Gasteiger partial charge in [-0.15, -0.1) is 0 Å². The number of carbonyl (C=O) groups is 2. The smallest absolute Gasteiger partial charge is 0.337 e. The number of anilines is 2. The third-order valence-corrected chi connectivity index (χ3v) is 4.22. The van der Waals surface area contributed by atoms with Gasteiger partial charge in [-0.05, 0) is 30.3 Å². The van der Waals surface area contributed by atoms with Crippen molar-refractivity contribution in [2.45, 2.75) is 0 Å². The molecule has 0 spiro atoms. The zero-order valence-corrected chi connectivity index (χ0v) is 15.1. The lowest BCUT2D eigenvalue weighted by Gasteiger charge is -2.07. The summed E-state index contributed by atoms with van der Waals surface area (Å²) in [5.41, 5.74) is 0.160. The Balaban J connectivity index is 1.93. The molecule has 3 rings (SSSR count). The SMILES string of the molecule is CS(=O)(=O)Nc1ccc2c(C(=O)Nc3ccc(C#N)cc3C(=O)O)noc2c1. The van der Waals surface area contributed by atoms with Crippen LogP contribution >= 0.6 is 0 Å². The van der Waals surface area contributed by atoms with Crippen LogP contribution in [-0.2, 0) is 10.0 Å². The van der Waals surface area contributed by atoms with E-state index in [2.05, 4.69) is 15.2 Å². The maximum atomic E-state index is 12.5. The molecule has 1 amide bonds. The fraction of sp³-hybridized carbons (Fsp3) is 0.0588. The first kappa shape index (κ1) is 18.9. The average Bonchev–Trinajstić information content (AvgIpc) is 3.03. The van der Waals surface area contributed by atoms with Crippen molar-refractivity contribution >= 4 is 44.2 Å². The standard InChI is InChI=1S/C17H12N4O6S/c1-28(25,26)21-10-3-4-11-14(7-10)27-20-15(11)16(22)19-13-5-2-9(8-18)6-12(13)17(23)24/h2-7,21H,1H3,(H,19,22)(H,23,24). The number of nitriles is 1. The zero-order chi connectivity index (χ0) is 20.5. The molecule has 0 unspecified atom stereocenters. The zero-order valence-electron chi connectivity index (χ0n) is 14.3. The number of rotatable bonds is 5. The largest absolute Gasteiger partial charge is 0.478 e. The Morgan fingerprint density at radius 2 is 1.96 bits per heavy atom. The summed E-state index contributed by atoms with van der Waals surface area (Å²) in [6.07, 6.45) is 0.994. The molecular formula is C17H12N4O6S. The second-order valence-corrected chi connectivity index (χ2v) is 7.50. The van der Waals surface area contributed by atoms with Gasteiger partial charge in [0.1, 0.15) is 0 Å². The third-order valence-electron chi connectivity index (χ3n) is 3.62. The predicted molar refractivity (Wildman–Crippen MR) is 98.5 cm³/mol. The van der Waals surface area contributed by atoms with Gasteiger partial charge in [0.15, 0.2) is 11.3 Å². The van der Waals surface area contributed by atoms with Gasteiger partial charge in [-0.2, -0.15) is 5.26 Å². The highest BCUT2D eigenvalue weighted by molar-refractivity contribution is 7.92. The summed E-state index contributed by atoms with van der Waals surface area (Å²) in [4.78, 5) is 23.9. The lowest BCUT2D eigenvalue weighted by Crippen LogP contribution is -2.15. The first-order valence-corrected chi connectivity index (χ1v) is 9.53. The molecule has 0 fully saturated rings. The van der Waals surface area contributed by atoms with Crippen molar-refractivity contribution in [3.63, 3.8) is 0 Å². The van der Waals surface area contributed by atoms with E-state index >= 15 is 0 Å². The number of nitrogens with zero attached hydrogens (tertiary/aromatic N) is 2. The van der Waals surface area contributed by atoms with Crippen LogP contribution in [0.2, 0.25) is 0 Å². The second kappa shape index (κ2) is 7.01. The van der Waals surface area contributed by atoms with Crippen LogP contribution < -0.4 is 10.0 Å². The summed E-state index contributed by atoms with van der Waals surface area (Å²) >= 11 is 0. The summed E-state index contributed by atoms with van der Waals surface area (Å²) < 4.78 is 29.9. The Labute approximate surface area is 158 Å². The van der Waals surface area contributed by atoms with Gasteiger partial charge in [-0.3, -0.25) is 9.52 Å². The van der Waals surface area contributed by atoms with Crippen molar-refractivity contribution in [2.24, 2.45) is 0 Å². The third kappa shape index (κ3) is 3.92. The summed E-state index contributed by atoms with van der Waals surface area (Å²) in [6.45, 7) is 0. The van der Waals surface area contributed by atoms with E-state index < -0.39 is 21.9 Å². The Hall–Kier alpha value is -3.91. The highest BCUT2D eigenvalue weighted by Crippen LogP contribution is 2.25. The minimum absolute atomic E-state index is 0.0111. The van der Waals surface area contributed by atoms with E-state index in [-0.39, 0.29) is 33.8 Å². The number of aromatic carboxylic acids is 1. The number of hydrogen-bond donors (Lipinski definition) is 3. The number of carboxylic acid groups (broad SMARTS) is 1. The Morgan fingerprint density at radius 3 is 2.61 bits per heavy atom. The van der Waals surface area contributed by atoms with Gasteiger partial charge >= 0.3 is 5.97 Å². The number of carbonyl (C=O) groups excluding carboxylic acids is 1. The number of amides is 1. The molecule has 10 nitrogen and oxygen atoms in total. The van der Waals surface area contributed by atoms with Crippen molar-refractivity contribution in [1.82, 2.24) is 5.16 Å². The lowest BCUT2D eigenvalue weighted by molar-refractivity contribution is 0.0698. The van der Waals surface area contributed by atoms with Gasteiger partial charge in [0.05, 0.1) is 40.2 Å². The molecule has 142 valence electrons. The Morgan fingerprint density at radius 1 is 1.21 bits per heavy atom. The van der Waals surface area contributed by atoms with Crippen LogP contribution in [0.4, 0.5) is 11.4 Å². The molecule has 0 aliphatic rings. The topological polar surface area (TPSA) is 162 Å². The van der Waals surface area contributed by atoms with Crippen LogP contribution in [0.25, 0.3) is 11.0 Å². The molecule has 28 heavy (non-hydrogen) atoms. The normalized spacial score (nSPS) is 11.0. The van der Waals surface area contributed by atoms with Crippen molar-refractivity contribution in [3.8, 4) is 6.07 Å². The van der Waals surface area contributed by atoms with Crippen molar-refractivity contribution < 1.29 is 27.6 Å². The second-order valence-electron chi connectivity index (χ2n) is 5.75. The first-order valence-electron chi connectivity index (χ1n) is 7.64. The fourth-order valence-corrected chi connectivity index (χ4v) is 3.02. The van der Waals surface area contributed by atoms with E-state index in [0.29, 0.717) is 5.39 Å². The molecule has 0 radical (unpaired) electrons. The van der Waals surface area contributed by atoms with Crippen LogP contribution in [0.5, 0.6) is 0 Å². The van der Waals surface area contributed by atoms with Gasteiger partial charge in [0, 0.05) is 6.07 Å². The minimum atomic E-state index is -3.48. The molecule has 3 aromatic rings. The lowest BCUT2D eigenvalue weighted by atomic mass is 10.1. The van der Waals surface area contributed by atoms with Gasteiger partial charge in [0.25, 0.3) is 5.91 Å². The molecule has 1 aromatic heterocycles. The maximum Gasteiger partial charge on any atom is 0.337 e. The molecule has 11 heteroatoms. The number of fused-ring (bicyclic) bond motifs is 1. The number of sulfonamides is 1. The summed E-state index contributed by atoms with van der Waals surface area (Å²) in [5.74, 6) is -2.04. The molecular weight excluding hydrogens is 388 g/mol. The molecule has 0 saturated carbocycles. The number of hydrogen-bond acceptors (Lipinski definition) is 7. The van der Waals surface area contributed by atoms with Crippen molar-refractivity contribution in [2.75, 3.05) is 16.3 Å². The van der Waals surface area contributed by atoms with E-state index in [9.17, 15) is 23.1 Å². The van der Waals surface area contributed by atoms with Crippen LogP contribution in [0, 0.1) is 11.3 Å². The molecule has 2 aromatic carbocycles. The highest BCUT2D eigenvalue weighted by Gasteiger charge is 2.20. The minimum Gasteiger partial charge on any atom is -0.478 e. The van der Waals surface area contributed by atoms with Crippen LogP contribution in [0.15, 0.2) is 40.9 Å². The van der Waals surface area contributed by atoms with Gasteiger partial charge in [-0.25, -0.2) is 13.2 Å². The molecule has 0 aliphatic carbocycles. The van der Waals surface area contributed by atoms with E-state index in [4.69, 9.17) is 9.78 Å². The number of aromatic nitrogens is 1. The molecule has 1 heterocycles. The van der Waals surface area contributed by atoms with E-state index in [0.717, 1.165) is 12.3 Å². The highest BCUT2D eigenvalue weighted by atomic mass is 32.2. The number of benzene rings is 2. The Bertz CT molecular complexity index is 1260. The monoisotopic (exact) mass is 400 g/mol. The molecule has 0 saturated heterocycles. The summed E-state index contributed by atoms with van der Waals surface area (Å²) in [6, 6.07) is 9.88. The summed E-state index contributed by atoms with van der Waals surface area (Å²) in [5, 5.41) is 24.6. The first-order chi connectivity index (χ1) is 13.2.